The molecule has 0 saturated carbocycles. The molecule has 0 heterocycles. The second kappa shape index (κ2) is 16.5. The Balaban J connectivity index is 0. The molecule has 0 amide bonds. The maximum absolute atomic E-state index is 10.3. The minimum Gasteiger partial charge on any atom is -0.807 e. The molecule has 14 heteroatoms. The quantitative estimate of drug-likeness (QED) is 0.265. The maximum Gasteiger partial charge on any atom is 3.00 e. The second-order valence-corrected chi connectivity index (χ2v) is 10.0. The van der Waals surface area contributed by atoms with E-state index in [9.17, 15) is 43.1 Å². The normalized spacial score (nSPS) is 10.7. The summed E-state index contributed by atoms with van der Waals surface area (Å²) in [5.74, 6) is 0. The van der Waals surface area contributed by atoms with Gasteiger partial charge in [0.25, 0.3) is 0 Å². The summed E-state index contributed by atoms with van der Waals surface area (Å²) >= 11 is 0. The monoisotopic (exact) mass is 748 g/mol. The zero-order valence-electron chi connectivity index (χ0n) is 16.2. The van der Waals surface area contributed by atoms with Crippen LogP contribution in [0, 0.1) is 83.5 Å². The van der Waals surface area contributed by atoms with Crippen LogP contribution in [-0.2, 0) is 13.7 Å². The third-order valence-electron chi connectivity index (χ3n) is 3.22. The van der Waals surface area contributed by atoms with Crippen LogP contribution >= 0.6 is 22.8 Å². The van der Waals surface area contributed by atoms with Gasteiger partial charge in [0.2, 0.25) is 0 Å². The summed E-state index contributed by atoms with van der Waals surface area (Å²) in [6, 6.07) is 21.7. The van der Waals surface area contributed by atoms with E-state index in [0.29, 0.717) is 0 Å². The van der Waals surface area contributed by atoms with Gasteiger partial charge in [0.1, 0.15) is 0 Å². The molecule has 0 aliphatic carbocycles. The molecule has 2 radical (unpaired) electrons. The van der Waals surface area contributed by atoms with Crippen molar-refractivity contribution >= 4 is 38.7 Å². The SMILES string of the molecule is O=P([O-])([O-])c1ccccc1.O=P([O-])([O-])c1ccccc1.O=P([O-])([O-])c1ccccc1.[Ce+3].[Ce+3]. The van der Waals surface area contributed by atoms with Crippen molar-refractivity contribution in [2.75, 3.05) is 0 Å². The van der Waals surface area contributed by atoms with E-state index >= 15 is 0 Å². The molecule has 0 aliphatic rings. The molecule has 9 nitrogen and oxygen atoms in total. The average Bonchev–Trinajstić information content (AvgIpc) is 2.69. The van der Waals surface area contributed by atoms with Gasteiger partial charge in [-0.05, 0) is 38.7 Å². The number of rotatable bonds is 3. The van der Waals surface area contributed by atoms with Crippen LogP contribution in [0.2, 0.25) is 0 Å². The van der Waals surface area contributed by atoms with Crippen molar-refractivity contribution in [2.45, 2.75) is 0 Å². The first-order valence-electron chi connectivity index (χ1n) is 8.05. The molecule has 0 unspecified atom stereocenters. The fourth-order valence-electron chi connectivity index (χ4n) is 1.83. The van der Waals surface area contributed by atoms with E-state index in [0.717, 1.165) is 0 Å². The van der Waals surface area contributed by atoms with Gasteiger partial charge in [-0.25, -0.2) is 0 Å². The van der Waals surface area contributed by atoms with Crippen molar-refractivity contribution in [1.29, 1.82) is 0 Å². The standard InChI is InChI=1S/3C6H7O3P.2Ce/c3*7-10(8,9)6-4-2-1-3-5-6;;/h3*1-5H,(H2,7,8,9);;/q;;;2*+3/p-6. The molecule has 0 spiro atoms. The molecule has 3 aromatic rings. The van der Waals surface area contributed by atoms with Crippen LogP contribution < -0.4 is 45.3 Å². The molecule has 0 atom stereocenters. The molecule has 0 fully saturated rings. The van der Waals surface area contributed by atoms with Gasteiger partial charge >= 0.3 is 83.5 Å². The van der Waals surface area contributed by atoms with Crippen molar-refractivity contribution in [3.63, 3.8) is 0 Å². The van der Waals surface area contributed by atoms with E-state index in [4.69, 9.17) is 0 Å². The Morgan fingerprint density at radius 3 is 0.625 bits per heavy atom. The summed E-state index contributed by atoms with van der Waals surface area (Å²) in [4.78, 5) is 61.8. The molecule has 3 rings (SSSR count). The van der Waals surface area contributed by atoms with Crippen LogP contribution in [0.3, 0.4) is 0 Å². The summed E-state index contributed by atoms with van der Waals surface area (Å²) in [5.41, 5.74) is 0. The van der Waals surface area contributed by atoms with E-state index in [1.165, 1.54) is 72.8 Å². The topological polar surface area (TPSA) is 190 Å². The summed E-state index contributed by atoms with van der Waals surface area (Å²) in [7, 11) is -13.6. The maximum atomic E-state index is 10.3. The predicted octanol–water partition coefficient (Wildman–Crippen LogP) is -2.32. The summed E-state index contributed by atoms with van der Waals surface area (Å²) in [6.45, 7) is 0. The van der Waals surface area contributed by atoms with Crippen LogP contribution in [0.5, 0.6) is 0 Å². The summed E-state index contributed by atoms with van der Waals surface area (Å²) in [5, 5.41) is -0.472. The molecule has 32 heavy (non-hydrogen) atoms. The van der Waals surface area contributed by atoms with Crippen molar-refractivity contribution in [3.8, 4) is 0 Å². The first kappa shape index (κ1) is 35.0. The first-order chi connectivity index (χ1) is 13.8. The smallest absolute Gasteiger partial charge is 0.807 e. The van der Waals surface area contributed by atoms with Crippen LogP contribution in [-0.4, -0.2) is 0 Å². The molecule has 0 saturated heterocycles. The van der Waals surface area contributed by atoms with Crippen molar-refractivity contribution in [2.24, 2.45) is 0 Å². The third kappa shape index (κ3) is 15.0. The van der Waals surface area contributed by atoms with Gasteiger partial charge in [0, 0.05) is 0 Å². The number of benzene rings is 3. The Bertz CT molecular complexity index is 900. The fourth-order valence-corrected chi connectivity index (χ4v) is 3.44. The first-order valence-corrected chi connectivity index (χ1v) is 12.7. The van der Waals surface area contributed by atoms with Gasteiger partial charge in [0.05, 0.1) is 0 Å². The van der Waals surface area contributed by atoms with Gasteiger partial charge in [0.15, 0.2) is 0 Å². The second-order valence-electron chi connectivity index (χ2n) is 5.50. The number of hydrogen-bond acceptors (Lipinski definition) is 9. The molecule has 0 aromatic heterocycles. The Morgan fingerprint density at radius 2 is 0.531 bits per heavy atom. The van der Waals surface area contributed by atoms with Crippen molar-refractivity contribution in [3.05, 3.63) is 91.0 Å². The van der Waals surface area contributed by atoms with E-state index < -0.39 is 22.8 Å². The third-order valence-corrected chi connectivity index (χ3v) is 6.01. The largest absolute Gasteiger partial charge is 3.00 e. The Labute approximate surface area is 252 Å². The predicted molar refractivity (Wildman–Crippen MR) is 101 cm³/mol. The molecule has 0 aliphatic heterocycles. The Kier molecular flexibility index (Phi) is 18.1. The molecule has 3 aromatic carbocycles. The van der Waals surface area contributed by atoms with Crippen LogP contribution in [0.4, 0.5) is 0 Å². The van der Waals surface area contributed by atoms with E-state index in [1.54, 1.807) is 18.2 Å². The minimum absolute atomic E-state index is 0. The van der Waals surface area contributed by atoms with Crippen LogP contribution in [0.25, 0.3) is 0 Å². The Hall–Kier alpha value is 0.863. The van der Waals surface area contributed by atoms with Gasteiger partial charge in [-0.1, -0.05) is 91.0 Å². The van der Waals surface area contributed by atoms with E-state index in [-0.39, 0.29) is 99.4 Å². The zero-order chi connectivity index (χ0) is 22.8. The van der Waals surface area contributed by atoms with E-state index in [2.05, 4.69) is 0 Å². The van der Waals surface area contributed by atoms with Gasteiger partial charge < -0.3 is 43.1 Å². The Morgan fingerprint density at radius 1 is 0.375 bits per heavy atom. The number of hydrogen-bond donors (Lipinski definition) is 0. The summed E-state index contributed by atoms with van der Waals surface area (Å²) < 4.78 is 30.9. The molecule has 164 valence electrons. The van der Waals surface area contributed by atoms with Crippen LogP contribution in [0.1, 0.15) is 0 Å². The van der Waals surface area contributed by atoms with Crippen molar-refractivity contribution < 1.29 is 127 Å². The van der Waals surface area contributed by atoms with E-state index in [1.807, 2.05) is 0 Å². The molecular formula is C18H15Ce2O9P3. The van der Waals surface area contributed by atoms with Gasteiger partial charge in [-0.3, -0.25) is 0 Å². The molecule has 0 bridgehead atoms. The van der Waals surface area contributed by atoms with Gasteiger partial charge in [-0.2, -0.15) is 0 Å². The minimum atomic E-state index is -4.52. The van der Waals surface area contributed by atoms with Crippen molar-refractivity contribution in [1.82, 2.24) is 0 Å². The fraction of sp³-hybridized carbons (Fsp3) is 0. The average molecular weight is 748 g/mol. The zero-order valence-corrected chi connectivity index (χ0v) is 25.1. The van der Waals surface area contributed by atoms with Crippen LogP contribution in [0.15, 0.2) is 91.0 Å². The van der Waals surface area contributed by atoms with Gasteiger partial charge in [-0.15, -0.1) is 0 Å². The molecular weight excluding hydrogens is 733 g/mol. The summed E-state index contributed by atoms with van der Waals surface area (Å²) in [6.07, 6.45) is 0. The molecule has 0 N–H and O–H groups in total.